The fourth-order valence-electron chi connectivity index (χ4n) is 4.32. The van der Waals surface area contributed by atoms with Gasteiger partial charge < -0.3 is 19.4 Å². The van der Waals surface area contributed by atoms with Crippen molar-refractivity contribution in [1.82, 2.24) is 24.5 Å². The number of sulfonamides is 1. The number of anilines is 3. The SMILES string of the molecule is COC(=O)c1ccc(Nc2ncc3cc(C(F)F)n(Cc4nccnc4N(C)S(C)(=O)=O)c3n2)c2c1CCO2. The average Bonchev–Trinajstić information content (AvgIpc) is 3.54. The molecule has 0 amide bonds. The number of esters is 1. The molecule has 0 saturated carbocycles. The van der Waals surface area contributed by atoms with Gasteiger partial charge in [-0.1, -0.05) is 0 Å². The molecule has 39 heavy (non-hydrogen) atoms. The van der Waals surface area contributed by atoms with E-state index < -0.39 is 22.4 Å². The average molecular weight is 560 g/mol. The highest BCUT2D eigenvalue weighted by molar-refractivity contribution is 7.92. The number of alkyl halides is 2. The lowest BCUT2D eigenvalue weighted by atomic mass is 10.0. The van der Waals surface area contributed by atoms with Crippen molar-refractivity contribution in [3.05, 3.63) is 59.3 Å². The number of nitrogens with zero attached hydrogens (tertiary/aromatic N) is 6. The Bertz CT molecular complexity index is 1690. The Morgan fingerprint density at radius 3 is 2.74 bits per heavy atom. The number of halogens is 2. The van der Waals surface area contributed by atoms with Crippen LogP contribution in [0, 0.1) is 0 Å². The second-order valence-corrected chi connectivity index (χ2v) is 10.7. The van der Waals surface area contributed by atoms with Crippen LogP contribution in [-0.4, -0.2) is 65.9 Å². The van der Waals surface area contributed by atoms with Gasteiger partial charge in [0, 0.05) is 43.0 Å². The van der Waals surface area contributed by atoms with Crippen molar-refractivity contribution in [2.45, 2.75) is 19.4 Å². The fourth-order valence-corrected chi connectivity index (χ4v) is 4.79. The molecule has 0 fully saturated rings. The minimum Gasteiger partial charge on any atom is -0.491 e. The van der Waals surface area contributed by atoms with Crippen molar-refractivity contribution in [3.8, 4) is 5.75 Å². The quantitative estimate of drug-likeness (QED) is 0.320. The molecule has 0 unspecified atom stereocenters. The first-order valence-electron chi connectivity index (χ1n) is 11.6. The van der Waals surface area contributed by atoms with Gasteiger partial charge in [0.2, 0.25) is 16.0 Å². The molecule has 204 valence electrons. The van der Waals surface area contributed by atoms with E-state index in [0.717, 1.165) is 10.6 Å². The third kappa shape index (κ3) is 4.92. The van der Waals surface area contributed by atoms with Crippen LogP contribution in [-0.2, 0) is 27.7 Å². The topological polar surface area (TPSA) is 141 Å². The normalized spacial score (nSPS) is 12.9. The molecule has 0 radical (unpaired) electrons. The van der Waals surface area contributed by atoms with Gasteiger partial charge in [-0.15, -0.1) is 0 Å². The Kier molecular flexibility index (Phi) is 6.76. The number of methoxy groups -OCH3 is 1. The molecule has 12 nitrogen and oxygen atoms in total. The second-order valence-electron chi connectivity index (χ2n) is 8.67. The number of aromatic nitrogens is 5. The van der Waals surface area contributed by atoms with E-state index in [9.17, 15) is 22.0 Å². The summed E-state index contributed by atoms with van der Waals surface area (Å²) in [6.07, 6.45) is 2.73. The summed E-state index contributed by atoms with van der Waals surface area (Å²) in [4.78, 5) is 29.2. The molecule has 0 saturated heterocycles. The predicted octanol–water partition coefficient (Wildman–Crippen LogP) is 3.07. The van der Waals surface area contributed by atoms with Gasteiger partial charge in [-0.05, 0) is 18.2 Å². The first-order chi connectivity index (χ1) is 18.6. The van der Waals surface area contributed by atoms with Gasteiger partial charge in [-0.3, -0.25) is 9.29 Å². The van der Waals surface area contributed by atoms with Crippen LogP contribution in [0.15, 0.2) is 36.8 Å². The Morgan fingerprint density at radius 2 is 2.03 bits per heavy atom. The monoisotopic (exact) mass is 559 g/mol. The van der Waals surface area contributed by atoms with Crippen LogP contribution in [0.1, 0.15) is 33.7 Å². The lowest BCUT2D eigenvalue weighted by Crippen LogP contribution is -2.27. The van der Waals surface area contributed by atoms with E-state index >= 15 is 0 Å². The molecule has 4 aromatic rings. The van der Waals surface area contributed by atoms with Gasteiger partial charge in [-0.25, -0.2) is 32.0 Å². The maximum atomic E-state index is 14.1. The van der Waals surface area contributed by atoms with Crippen molar-refractivity contribution in [2.75, 3.05) is 36.6 Å². The molecular weight excluding hydrogens is 536 g/mol. The Hall–Kier alpha value is -4.40. The zero-order valence-corrected chi connectivity index (χ0v) is 21.9. The number of carbonyl (C=O) groups is 1. The van der Waals surface area contributed by atoms with Gasteiger partial charge >= 0.3 is 5.97 Å². The third-order valence-electron chi connectivity index (χ3n) is 6.26. The van der Waals surface area contributed by atoms with Crippen LogP contribution in [0.4, 0.5) is 26.2 Å². The molecule has 0 aliphatic carbocycles. The lowest BCUT2D eigenvalue weighted by molar-refractivity contribution is 0.0599. The molecule has 15 heteroatoms. The Labute approximate surface area is 221 Å². The molecule has 3 aromatic heterocycles. The maximum absolute atomic E-state index is 14.1. The van der Waals surface area contributed by atoms with Gasteiger partial charge in [0.15, 0.2) is 5.82 Å². The number of ether oxygens (including phenoxy) is 2. The van der Waals surface area contributed by atoms with E-state index in [1.807, 2.05) is 0 Å². The summed E-state index contributed by atoms with van der Waals surface area (Å²) < 4.78 is 65.1. The van der Waals surface area contributed by atoms with Crippen LogP contribution in [0.3, 0.4) is 0 Å². The molecule has 1 N–H and O–H groups in total. The van der Waals surface area contributed by atoms with Gasteiger partial charge in [0.25, 0.3) is 6.43 Å². The Balaban J connectivity index is 1.56. The molecule has 0 bridgehead atoms. The van der Waals surface area contributed by atoms with Crippen molar-refractivity contribution in [3.63, 3.8) is 0 Å². The zero-order valence-electron chi connectivity index (χ0n) is 21.1. The van der Waals surface area contributed by atoms with Gasteiger partial charge in [0.1, 0.15) is 17.1 Å². The number of benzene rings is 1. The van der Waals surface area contributed by atoms with Crippen molar-refractivity contribution in [1.29, 1.82) is 0 Å². The summed E-state index contributed by atoms with van der Waals surface area (Å²) in [7, 11) is -1.08. The van der Waals surface area contributed by atoms with Gasteiger partial charge in [-0.2, -0.15) is 4.98 Å². The standard InChI is InChI=1S/C24H23F2N7O5S/c1-32(39(3,35)36)22-17(27-7-8-28-22)12-33-18(20(25)26)10-13-11-29-24(31-21(13)33)30-16-5-4-15(23(34)37-2)14-6-9-38-19(14)16/h4-5,7-8,10-11,20H,6,9,12H2,1-3H3,(H,29,30,31). The van der Waals surface area contributed by atoms with Crippen molar-refractivity contribution in [2.24, 2.45) is 0 Å². The summed E-state index contributed by atoms with van der Waals surface area (Å²) in [5.74, 6) is 0.0770. The summed E-state index contributed by atoms with van der Waals surface area (Å²) in [6, 6.07) is 4.50. The smallest absolute Gasteiger partial charge is 0.338 e. The van der Waals surface area contributed by atoms with E-state index in [-0.39, 0.29) is 35.3 Å². The van der Waals surface area contributed by atoms with E-state index in [1.54, 1.807) is 12.1 Å². The minimum atomic E-state index is -3.69. The molecule has 1 aliphatic rings. The van der Waals surface area contributed by atoms with E-state index in [2.05, 4.69) is 25.3 Å². The zero-order chi connectivity index (χ0) is 27.9. The number of hydrogen-bond donors (Lipinski definition) is 1. The summed E-state index contributed by atoms with van der Waals surface area (Å²) in [6.45, 7) is 0.149. The van der Waals surface area contributed by atoms with Crippen LogP contribution in [0.5, 0.6) is 5.75 Å². The Morgan fingerprint density at radius 1 is 1.26 bits per heavy atom. The molecular formula is C24H23F2N7O5S. The third-order valence-corrected chi connectivity index (χ3v) is 7.42. The van der Waals surface area contributed by atoms with Crippen LogP contribution in [0.25, 0.3) is 11.0 Å². The van der Waals surface area contributed by atoms with Crippen LogP contribution < -0.4 is 14.4 Å². The number of nitrogens with one attached hydrogen (secondary N) is 1. The van der Waals surface area contributed by atoms with Crippen LogP contribution >= 0.6 is 0 Å². The van der Waals surface area contributed by atoms with E-state index in [0.29, 0.717) is 41.0 Å². The second kappa shape index (κ2) is 10.1. The van der Waals surface area contributed by atoms with Gasteiger partial charge in [0.05, 0.1) is 43.5 Å². The van der Waals surface area contributed by atoms with Crippen LogP contribution in [0.2, 0.25) is 0 Å². The molecule has 0 spiro atoms. The number of carbonyl (C=O) groups excluding carboxylic acids is 1. The molecule has 4 heterocycles. The lowest BCUT2D eigenvalue weighted by Gasteiger charge is -2.19. The van der Waals surface area contributed by atoms with Crippen molar-refractivity contribution >= 4 is 44.5 Å². The molecule has 1 aliphatic heterocycles. The van der Waals surface area contributed by atoms with E-state index in [1.165, 1.54) is 43.4 Å². The number of rotatable bonds is 8. The molecule has 0 atom stereocenters. The van der Waals surface area contributed by atoms with Crippen molar-refractivity contribution < 1.29 is 31.5 Å². The number of fused-ring (bicyclic) bond motifs is 2. The highest BCUT2D eigenvalue weighted by Gasteiger charge is 2.26. The summed E-state index contributed by atoms with van der Waals surface area (Å²) in [5, 5.41) is 3.39. The highest BCUT2D eigenvalue weighted by Crippen LogP contribution is 2.38. The summed E-state index contributed by atoms with van der Waals surface area (Å²) >= 11 is 0. The maximum Gasteiger partial charge on any atom is 0.338 e. The largest absolute Gasteiger partial charge is 0.491 e. The first kappa shape index (κ1) is 26.2. The highest BCUT2D eigenvalue weighted by atomic mass is 32.2. The summed E-state index contributed by atoms with van der Waals surface area (Å²) in [5.41, 5.74) is 1.55. The molecule has 1 aromatic carbocycles. The molecule has 5 rings (SSSR count). The minimum absolute atomic E-state index is 0.00729. The number of hydrogen-bond acceptors (Lipinski definition) is 10. The first-order valence-corrected chi connectivity index (χ1v) is 13.5. The fraction of sp³-hybridized carbons (Fsp3) is 0.292. The van der Waals surface area contributed by atoms with E-state index in [4.69, 9.17) is 9.47 Å². The predicted molar refractivity (Wildman–Crippen MR) is 137 cm³/mol.